The maximum absolute atomic E-state index is 13.3. The molecule has 22 heavy (non-hydrogen) atoms. The summed E-state index contributed by atoms with van der Waals surface area (Å²) in [5.74, 6) is 2.44. The molecule has 0 aliphatic heterocycles. The summed E-state index contributed by atoms with van der Waals surface area (Å²) in [6.07, 6.45) is 8.80. The molecule has 0 unspecified atom stereocenters. The summed E-state index contributed by atoms with van der Waals surface area (Å²) < 4.78 is 13.3. The maximum Gasteiger partial charge on any atom is 0.100 e. The summed E-state index contributed by atoms with van der Waals surface area (Å²) >= 11 is 0. The molecule has 0 spiro atoms. The molecule has 2 aliphatic carbocycles. The topological polar surface area (TPSA) is 0 Å². The standard InChI is InChI=1S/C21H31F/c1-14-12-20(13-15(2)16(14)3)19-6-4-17(5-7-19)18-8-10-21(22)11-9-18/h12-13,17-19,21H,4-11H2,1-3H3. The third-order valence-electron chi connectivity index (χ3n) is 6.56. The minimum absolute atomic E-state index is 0.508. The largest absolute Gasteiger partial charge is 0.247 e. The van der Waals surface area contributed by atoms with Gasteiger partial charge in [-0.25, -0.2) is 4.39 Å². The molecule has 122 valence electrons. The van der Waals surface area contributed by atoms with Crippen molar-refractivity contribution < 1.29 is 4.39 Å². The number of hydrogen-bond acceptors (Lipinski definition) is 0. The lowest BCUT2D eigenvalue weighted by atomic mass is 9.69. The van der Waals surface area contributed by atoms with Gasteiger partial charge in [-0.05, 0) is 112 Å². The summed E-state index contributed by atoms with van der Waals surface area (Å²) in [6.45, 7) is 6.71. The lowest BCUT2D eigenvalue weighted by Gasteiger charge is -2.37. The molecule has 0 atom stereocenters. The van der Waals surface area contributed by atoms with E-state index in [2.05, 4.69) is 32.9 Å². The van der Waals surface area contributed by atoms with Gasteiger partial charge in [0.2, 0.25) is 0 Å². The number of benzene rings is 1. The Morgan fingerprint density at radius 3 is 1.68 bits per heavy atom. The SMILES string of the molecule is Cc1cc(C2CCC(C3CCC(F)CC3)CC2)cc(C)c1C. The highest BCUT2D eigenvalue weighted by Crippen LogP contribution is 2.43. The molecule has 1 aromatic carbocycles. The van der Waals surface area contributed by atoms with Crippen LogP contribution in [0.25, 0.3) is 0 Å². The van der Waals surface area contributed by atoms with E-state index in [1.165, 1.54) is 42.4 Å². The van der Waals surface area contributed by atoms with E-state index >= 15 is 0 Å². The lowest BCUT2D eigenvalue weighted by molar-refractivity contribution is 0.138. The van der Waals surface area contributed by atoms with Gasteiger partial charge in [-0.15, -0.1) is 0 Å². The van der Waals surface area contributed by atoms with Crippen LogP contribution in [-0.2, 0) is 0 Å². The van der Waals surface area contributed by atoms with E-state index in [0.717, 1.165) is 43.4 Å². The van der Waals surface area contributed by atoms with E-state index in [9.17, 15) is 4.39 Å². The number of alkyl halides is 1. The van der Waals surface area contributed by atoms with Crippen molar-refractivity contribution >= 4 is 0 Å². The average Bonchev–Trinajstić information content (AvgIpc) is 2.53. The van der Waals surface area contributed by atoms with Gasteiger partial charge < -0.3 is 0 Å². The third-order valence-corrected chi connectivity index (χ3v) is 6.56. The fraction of sp³-hybridized carbons (Fsp3) is 0.714. The summed E-state index contributed by atoms with van der Waals surface area (Å²) in [4.78, 5) is 0. The van der Waals surface area contributed by atoms with Crippen LogP contribution in [-0.4, -0.2) is 6.17 Å². The van der Waals surface area contributed by atoms with Gasteiger partial charge in [0.05, 0.1) is 0 Å². The van der Waals surface area contributed by atoms with Gasteiger partial charge >= 0.3 is 0 Å². The molecule has 0 saturated heterocycles. The van der Waals surface area contributed by atoms with Crippen LogP contribution in [0.5, 0.6) is 0 Å². The fourth-order valence-electron chi connectivity index (χ4n) is 4.78. The van der Waals surface area contributed by atoms with Crippen molar-refractivity contribution in [1.82, 2.24) is 0 Å². The molecule has 0 amide bonds. The normalized spacial score (nSPS) is 32.9. The van der Waals surface area contributed by atoms with Crippen LogP contribution in [0.2, 0.25) is 0 Å². The Balaban J connectivity index is 1.60. The van der Waals surface area contributed by atoms with Gasteiger partial charge in [0.25, 0.3) is 0 Å². The molecule has 2 fully saturated rings. The minimum atomic E-state index is -0.508. The van der Waals surface area contributed by atoms with Crippen molar-refractivity contribution in [2.45, 2.75) is 84.2 Å². The molecule has 0 aromatic heterocycles. The first kappa shape index (κ1) is 16.0. The third kappa shape index (κ3) is 3.39. The van der Waals surface area contributed by atoms with E-state index in [1.54, 1.807) is 5.56 Å². The summed E-state index contributed by atoms with van der Waals surface area (Å²) in [5, 5.41) is 0. The average molecular weight is 302 g/mol. The lowest BCUT2D eigenvalue weighted by Crippen LogP contribution is -2.25. The summed E-state index contributed by atoms with van der Waals surface area (Å²) in [7, 11) is 0. The number of rotatable bonds is 2. The van der Waals surface area contributed by atoms with Gasteiger partial charge in [0.15, 0.2) is 0 Å². The van der Waals surface area contributed by atoms with Gasteiger partial charge in [0, 0.05) is 0 Å². The van der Waals surface area contributed by atoms with Crippen molar-refractivity contribution in [3.63, 3.8) is 0 Å². The number of aryl methyl sites for hydroxylation is 2. The van der Waals surface area contributed by atoms with Crippen LogP contribution in [0.4, 0.5) is 4.39 Å². The van der Waals surface area contributed by atoms with E-state index in [4.69, 9.17) is 0 Å². The first-order chi connectivity index (χ1) is 10.5. The Labute approximate surface area is 135 Å². The molecular weight excluding hydrogens is 271 g/mol. The van der Waals surface area contributed by atoms with E-state index < -0.39 is 6.17 Å². The van der Waals surface area contributed by atoms with Crippen molar-refractivity contribution in [2.75, 3.05) is 0 Å². The predicted octanol–water partition coefficient (Wildman–Crippen LogP) is 6.41. The summed E-state index contributed by atoms with van der Waals surface area (Å²) in [5.41, 5.74) is 5.89. The highest BCUT2D eigenvalue weighted by atomic mass is 19.1. The molecule has 3 rings (SSSR count). The quantitative estimate of drug-likeness (QED) is 0.592. The highest BCUT2D eigenvalue weighted by molar-refractivity contribution is 5.38. The molecule has 1 aromatic rings. The van der Waals surface area contributed by atoms with Crippen molar-refractivity contribution in [3.05, 3.63) is 34.4 Å². The Hall–Kier alpha value is -0.850. The minimum Gasteiger partial charge on any atom is -0.247 e. The molecule has 0 radical (unpaired) electrons. The van der Waals surface area contributed by atoms with Gasteiger partial charge in [-0.1, -0.05) is 12.1 Å². The zero-order valence-corrected chi connectivity index (χ0v) is 14.5. The second kappa shape index (κ2) is 6.72. The molecule has 0 N–H and O–H groups in total. The van der Waals surface area contributed by atoms with Crippen LogP contribution < -0.4 is 0 Å². The van der Waals surface area contributed by atoms with Crippen molar-refractivity contribution in [1.29, 1.82) is 0 Å². The molecular formula is C21H31F. The van der Waals surface area contributed by atoms with Crippen molar-refractivity contribution in [2.24, 2.45) is 11.8 Å². The van der Waals surface area contributed by atoms with Crippen LogP contribution in [0.1, 0.15) is 79.5 Å². The fourth-order valence-corrected chi connectivity index (χ4v) is 4.78. The van der Waals surface area contributed by atoms with Crippen LogP contribution >= 0.6 is 0 Å². The van der Waals surface area contributed by atoms with Gasteiger partial charge in [-0.3, -0.25) is 0 Å². The summed E-state index contributed by atoms with van der Waals surface area (Å²) in [6, 6.07) is 4.84. The first-order valence-corrected chi connectivity index (χ1v) is 9.26. The first-order valence-electron chi connectivity index (χ1n) is 9.26. The monoisotopic (exact) mass is 302 g/mol. The molecule has 2 aliphatic rings. The maximum atomic E-state index is 13.3. The smallest absolute Gasteiger partial charge is 0.100 e. The second-order valence-corrected chi connectivity index (χ2v) is 7.90. The van der Waals surface area contributed by atoms with Gasteiger partial charge in [0.1, 0.15) is 6.17 Å². The molecule has 2 saturated carbocycles. The zero-order chi connectivity index (χ0) is 15.7. The molecule has 1 heteroatoms. The Morgan fingerprint density at radius 1 is 0.727 bits per heavy atom. The highest BCUT2D eigenvalue weighted by Gasteiger charge is 2.31. The second-order valence-electron chi connectivity index (χ2n) is 7.90. The van der Waals surface area contributed by atoms with Gasteiger partial charge in [-0.2, -0.15) is 0 Å². The number of halogens is 1. The predicted molar refractivity (Wildman–Crippen MR) is 92.2 cm³/mol. The molecule has 0 nitrogen and oxygen atoms in total. The van der Waals surface area contributed by atoms with Crippen LogP contribution in [0.3, 0.4) is 0 Å². The zero-order valence-electron chi connectivity index (χ0n) is 14.5. The van der Waals surface area contributed by atoms with Crippen LogP contribution in [0, 0.1) is 32.6 Å². The Bertz CT molecular complexity index is 480. The van der Waals surface area contributed by atoms with E-state index in [0.29, 0.717) is 0 Å². The Kier molecular flexibility index (Phi) is 4.90. The van der Waals surface area contributed by atoms with E-state index in [-0.39, 0.29) is 0 Å². The number of hydrogen-bond donors (Lipinski definition) is 0. The van der Waals surface area contributed by atoms with Crippen molar-refractivity contribution in [3.8, 4) is 0 Å². The molecule has 0 heterocycles. The van der Waals surface area contributed by atoms with E-state index in [1.807, 2.05) is 0 Å². The Morgan fingerprint density at radius 2 is 1.18 bits per heavy atom. The van der Waals surface area contributed by atoms with Crippen LogP contribution in [0.15, 0.2) is 12.1 Å². The molecule has 0 bridgehead atoms.